The number of carbonyl (C=O) groups is 1. The number of nitrogens with zero attached hydrogens (tertiary/aromatic N) is 2. The van der Waals surface area contributed by atoms with Gasteiger partial charge in [-0.3, -0.25) is 4.79 Å². The highest BCUT2D eigenvalue weighted by molar-refractivity contribution is 5.75. The van der Waals surface area contributed by atoms with Gasteiger partial charge in [-0.1, -0.05) is 6.92 Å². The van der Waals surface area contributed by atoms with Crippen molar-refractivity contribution in [3.8, 4) is 0 Å². The molecule has 1 saturated heterocycles. The lowest BCUT2D eigenvalue weighted by Crippen LogP contribution is -2.46. The van der Waals surface area contributed by atoms with Crippen LogP contribution in [0.3, 0.4) is 0 Å². The Morgan fingerprint density at radius 2 is 1.87 bits per heavy atom. The van der Waals surface area contributed by atoms with E-state index < -0.39 is 0 Å². The summed E-state index contributed by atoms with van der Waals surface area (Å²) in [4.78, 5) is 15.8. The average molecular weight is 215 g/mol. The number of aliphatic hydroxyl groups excluding tert-OH is 1. The summed E-state index contributed by atoms with van der Waals surface area (Å²) in [5, 5.41) is 10.9. The molecule has 0 aromatic carbocycles. The van der Waals surface area contributed by atoms with Crippen LogP contribution in [0.15, 0.2) is 0 Å². The second-order valence-corrected chi connectivity index (χ2v) is 3.78. The van der Waals surface area contributed by atoms with Crippen molar-refractivity contribution in [2.24, 2.45) is 0 Å². The number of carbonyl (C=O) groups excluding carboxylic acids is 1. The van der Waals surface area contributed by atoms with Gasteiger partial charge < -0.3 is 20.2 Å². The molecule has 0 spiro atoms. The summed E-state index contributed by atoms with van der Waals surface area (Å²) in [5.74, 6) is -0.0737. The van der Waals surface area contributed by atoms with Gasteiger partial charge >= 0.3 is 0 Å². The zero-order valence-corrected chi connectivity index (χ0v) is 9.41. The predicted molar refractivity (Wildman–Crippen MR) is 58.4 cm³/mol. The molecular weight excluding hydrogens is 194 g/mol. The minimum atomic E-state index is -0.261. The number of piperazine rings is 1. The molecule has 5 nitrogen and oxygen atoms in total. The van der Waals surface area contributed by atoms with Crippen molar-refractivity contribution in [1.82, 2.24) is 15.1 Å². The normalized spacial score (nSPS) is 19.1. The van der Waals surface area contributed by atoms with Crippen molar-refractivity contribution in [2.75, 3.05) is 46.0 Å². The summed E-state index contributed by atoms with van der Waals surface area (Å²) < 4.78 is 0. The van der Waals surface area contributed by atoms with E-state index in [1.807, 2.05) is 0 Å². The Kier molecular flexibility index (Phi) is 5.60. The van der Waals surface area contributed by atoms with Crippen LogP contribution in [0.4, 0.5) is 0 Å². The summed E-state index contributed by atoms with van der Waals surface area (Å²) in [6, 6.07) is 0. The van der Waals surface area contributed by atoms with E-state index in [4.69, 9.17) is 5.11 Å². The molecule has 0 aromatic heterocycles. The number of rotatable bonds is 5. The standard InChI is InChI=1S/C10H21N3O2/c1-2-12-5-7-13(8-6-12)4-3-10(15)11-9-14/h14H,2-9H2,1H3,(H,11,15). The zero-order chi connectivity index (χ0) is 11.1. The second-order valence-electron chi connectivity index (χ2n) is 3.78. The van der Waals surface area contributed by atoms with Crippen molar-refractivity contribution in [3.63, 3.8) is 0 Å². The highest BCUT2D eigenvalue weighted by Gasteiger charge is 2.15. The minimum absolute atomic E-state index is 0.0737. The number of amides is 1. The molecule has 2 N–H and O–H groups in total. The molecule has 0 unspecified atom stereocenters. The maximum absolute atomic E-state index is 11.1. The molecule has 0 radical (unpaired) electrons. The monoisotopic (exact) mass is 215 g/mol. The Hall–Kier alpha value is -0.650. The third-order valence-electron chi connectivity index (χ3n) is 2.84. The van der Waals surface area contributed by atoms with Crippen molar-refractivity contribution < 1.29 is 9.90 Å². The van der Waals surface area contributed by atoms with Gasteiger partial charge in [-0.15, -0.1) is 0 Å². The minimum Gasteiger partial charge on any atom is -0.377 e. The van der Waals surface area contributed by atoms with Crippen molar-refractivity contribution in [3.05, 3.63) is 0 Å². The maximum Gasteiger partial charge on any atom is 0.223 e. The van der Waals surface area contributed by atoms with Crippen LogP contribution in [0.2, 0.25) is 0 Å². The molecule has 0 aliphatic carbocycles. The van der Waals surface area contributed by atoms with Crippen LogP contribution < -0.4 is 5.32 Å². The van der Waals surface area contributed by atoms with Crippen molar-refractivity contribution in [1.29, 1.82) is 0 Å². The summed E-state index contributed by atoms with van der Waals surface area (Å²) in [6.07, 6.45) is 0.479. The van der Waals surface area contributed by atoms with Crippen LogP contribution in [0.25, 0.3) is 0 Å². The highest BCUT2D eigenvalue weighted by Crippen LogP contribution is 2.01. The van der Waals surface area contributed by atoms with Crippen LogP contribution in [0.1, 0.15) is 13.3 Å². The molecule has 5 heteroatoms. The summed E-state index contributed by atoms with van der Waals surface area (Å²) in [5.41, 5.74) is 0. The van der Waals surface area contributed by atoms with Crippen LogP contribution in [-0.2, 0) is 4.79 Å². The van der Waals surface area contributed by atoms with Gasteiger partial charge in [-0.25, -0.2) is 0 Å². The van der Waals surface area contributed by atoms with Gasteiger partial charge in [0.15, 0.2) is 0 Å². The van der Waals surface area contributed by atoms with Crippen LogP contribution in [-0.4, -0.2) is 66.8 Å². The summed E-state index contributed by atoms with van der Waals surface area (Å²) >= 11 is 0. The van der Waals surface area contributed by atoms with E-state index >= 15 is 0 Å². The van der Waals surface area contributed by atoms with Gasteiger partial charge in [0, 0.05) is 39.1 Å². The van der Waals surface area contributed by atoms with E-state index in [-0.39, 0.29) is 12.6 Å². The fourth-order valence-corrected chi connectivity index (χ4v) is 1.77. The molecule has 0 aromatic rings. The number of hydrogen-bond acceptors (Lipinski definition) is 4. The van der Waals surface area contributed by atoms with Crippen molar-refractivity contribution in [2.45, 2.75) is 13.3 Å². The molecule has 1 amide bonds. The lowest BCUT2D eigenvalue weighted by Gasteiger charge is -2.33. The highest BCUT2D eigenvalue weighted by atomic mass is 16.3. The molecule has 0 bridgehead atoms. The number of likely N-dealkylation sites (N-methyl/N-ethyl adjacent to an activating group) is 1. The molecular formula is C10H21N3O2. The number of nitrogens with one attached hydrogen (secondary N) is 1. The van der Waals surface area contributed by atoms with Gasteiger partial charge in [0.25, 0.3) is 0 Å². The zero-order valence-electron chi connectivity index (χ0n) is 9.41. The average Bonchev–Trinajstić information content (AvgIpc) is 2.27. The van der Waals surface area contributed by atoms with E-state index in [1.165, 1.54) is 0 Å². The van der Waals surface area contributed by atoms with Crippen molar-refractivity contribution >= 4 is 5.91 Å². The molecule has 1 heterocycles. The van der Waals surface area contributed by atoms with E-state index in [1.54, 1.807) is 0 Å². The quantitative estimate of drug-likeness (QED) is 0.582. The predicted octanol–water partition coefficient (Wildman–Crippen LogP) is -0.920. The van der Waals surface area contributed by atoms with E-state index in [0.29, 0.717) is 6.42 Å². The van der Waals surface area contributed by atoms with Gasteiger partial charge in [0.05, 0.1) is 0 Å². The topological polar surface area (TPSA) is 55.8 Å². The smallest absolute Gasteiger partial charge is 0.223 e. The van der Waals surface area contributed by atoms with Crippen LogP contribution in [0, 0.1) is 0 Å². The number of aliphatic hydroxyl groups is 1. The molecule has 0 atom stereocenters. The largest absolute Gasteiger partial charge is 0.377 e. The van der Waals surface area contributed by atoms with Crippen LogP contribution in [0.5, 0.6) is 0 Å². The van der Waals surface area contributed by atoms with Gasteiger partial charge in [-0.2, -0.15) is 0 Å². The lowest BCUT2D eigenvalue weighted by atomic mass is 10.3. The summed E-state index contributed by atoms with van der Waals surface area (Å²) in [7, 11) is 0. The van der Waals surface area contributed by atoms with Crippen LogP contribution >= 0.6 is 0 Å². The van der Waals surface area contributed by atoms with Gasteiger partial charge in [0.2, 0.25) is 5.91 Å². The fraction of sp³-hybridized carbons (Fsp3) is 0.900. The third-order valence-corrected chi connectivity index (χ3v) is 2.84. The molecule has 15 heavy (non-hydrogen) atoms. The molecule has 1 rings (SSSR count). The maximum atomic E-state index is 11.1. The van der Waals surface area contributed by atoms with E-state index in [0.717, 1.165) is 39.3 Å². The van der Waals surface area contributed by atoms with Gasteiger partial charge in [0.1, 0.15) is 6.73 Å². The van der Waals surface area contributed by atoms with E-state index in [2.05, 4.69) is 22.0 Å². The first-order valence-electron chi connectivity index (χ1n) is 5.58. The fourth-order valence-electron chi connectivity index (χ4n) is 1.77. The Labute approximate surface area is 91.0 Å². The molecule has 1 aliphatic heterocycles. The first-order chi connectivity index (χ1) is 7.26. The van der Waals surface area contributed by atoms with Gasteiger partial charge in [-0.05, 0) is 6.54 Å². The third kappa shape index (κ3) is 4.59. The molecule has 88 valence electrons. The Morgan fingerprint density at radius 1 is 1.27 bits per heavy atom. The first kappa shape index (κ1) is 12.4. The second kappa shape index (κ2) is 6.76. The molecule has 0 saturated carbocycles. The van der Waals surface area contributed by atoms with E-state index in [9.17, 15) is 4.79 Å². The Balaban J connectivity index is 2.10. The lowest BCUT2D eigenvalue weighted by molar-refractivity contribution is -0.122. The Bertz CT molecular complexity index is 191. The number of hydrogen-bond donors (Lipinski definition) is 2. The first-order valence-corrected chi connectivity index (χ1v) is 5.58. The molecule has 1 fully saturated rings. The Morgan fingerprint density at radius 3 is 2.40 bits per heavy atom. The summed E-state index contributed by atoms with van der Waals surface area (Å²) in [6.45, 7) is 8.09. The SMILES string of the molecule is CCN1CCN(CCC(=O)NCO)CC1. The molecule has 1 aliphatic rings.